The van der Waals surface area contributed by atoms with Crippen molar-refractivity contribution >= 4 is 11.8 Å². The highest BCUT2D eigenvalue weighted by atomic mass is 16.5. The molecule has 1 N–H and O–H groups in total. The van der Waals surface area contributed by atoms with Gasteiger partial charge in [0.1, 0.15) is 28.9 Å². The predicted octanol–water partition coefficient (Wildman–Crippen LogP) is 3.57. The highest BCUT2D eigenvalue weighted by Gasteiger charge is 2.78. The largest absolute Gasteiger partial charge is 0.497 e. The average molecular weight is 528 g/mol. The van der Waals surface area contributed by atoms with Gasteiger partial charge in [0, 0.05) is 12.1 Å². The van der Waals surface area contributed by atoms with Gasteiger partial charge in [0.05, 0.1) is 46.5 Å². The van der Waals surface area contributed by atoms with Gasteiger partial charge in [0.2, 0.25) is 0 Å². The number of rotatable bonds is 8. The van der Waals surface area contributed by atoms with E-state index in [1.165, 1.54) is 21.3 Å². The number of fused-ring (bicyclic) bond motifs is 3. The van der Waals surface area contributed by atoms with Crippen LogP contribution in [0.1, 0.15) is 22.6 Å². The van der Waals surface area contributed by atoms with Crippen LogP contribution < -0.4 is 24.3 Å². The van der Waals surface area contributed by atoms with Crippen LogP contribution in [0.15, 0.2) is 66.7 Å². The Labute approximate surface area is 227 Å². The van der Waals surface area contributed by atoms with E-state index in [-0.39, 0.29) is 6.54 Å². The summed E-state index contributed by atoms with van der Waals surface area (Å²) in [4.78, 5) is 28.3. The van der Waals surface area contributed by atoms with Gasteiger partial charge >= 0.3 is 5.97 Å². The molecule has 0 aromatic heterocycles. The zero-order chi connectivity index (χ0) is 27.8. The summed E-state index contributed by atoms with van der Waals surface area (Å²) in [6.45, 7) is 0.0109. The highest BCUT2D eigenvalue weighted by Crippen LogP contribution is 2.69. The Balaban J connectivity index is 1.94. The normalized spacial score (nSPS) is 24.6. The Bertz CT molecular complexity index is 1450. The molecule has 0 spiro atoms. The molecule has 4 atom stereocenters. The summed E-state index contributed by atoms with van der Waals surface area (Å²) in [6.07, 6.45) is 5.73. The van der Waals surface area contributed by atoms with Crippen LogP contribution >= 0.6 is 0 Å². The number of methoxy groups -OCH3 is 4. The maximum atomic E-state index is 14.9. The molecule has 200 valence electrons. The number of ketones is 1. The van der Waals surface area contributed by atoms with Crippen molar-refractivity contribution in [3.05, 3.63) is 83.4 Å². The number of nitrogens with one attached hydrogen (secondary N) is 1. The smallest absolute Gasteiger partial charge is 0.317 e. The molecule has 5 rings (SSSR count). The van der Waals surface area contributed by atoms with Crippen LogP contribution in [0.4, 0.5) is 0 Å². The van der Waals surface area contributed by atoms with Crippen molar-refractivity contribution in [3.8, 4) is 35.3 Å². The summed E-state index contributed by atoms with van der Waals surface area (Å²) < 4.78 is 28.9. The molecule has 0 saturated heterocycles. The van der Waals surface area contributed by atoms with Crippen molar-refractivity contribution in [1.29, 1.82) is 0 Å². The van der Waals surface area contributed by atoms with Gasteiger partial charge in [0.25, 0.3) is 0 Å². The third-order valence-electron chi connectivity index (χ3n) is 7.71. The number of ether oxygens (including phenoxy) is 5. The maximum Gasteiger partial charge on any atom is 0.317 e. The van der Waals surface area contributed by atoms with Crippen molar-refractivity contribution in [1.82, 2.24) is 5.32 Å². The number of Topliss-reactive ketones (excluding diaryl/α,β-unsaturated/α-hetero) is 1. The predicted molar refractivity (Wildman–Crippen MR) is 143 cm³/mol. The van der Waals surface area contributed by atoms with E-state index in [0.29, 0.717) is 34.1 Å². The van der Waals surface area contributed by atoms with Gasteiger partial charge in [0.15, 0.2) is 16.9 Å². The summed E-state index contributed by atoms with van der Waals surface area (Å²) in [7, 11) is 5.88. The summed E-state index contributed by atoms with van der Waals surface area (Å²) in [5, 5.41) is 3.33. The first-order valence-corrected chi connectivity index (χ1v) is 12.4. The van der Waals surface area contributed by atoms with Crippen LogP contribution in [-0.4, -0.2) is 46.7 Å². The van der Waals surface area contributed by atoms with Gasteiger partial charge in [-0.15, -0.1) is 6.42 Å². The van der Waals surface area contributed by atoms with E-state index in [9.17, 15) is 9.59 Å². The molecule has 1 aliphatic carbocycles. The second-order valence-corrected chi connectivity index (χ2v) is 9.33. The lowest BCUT2D eigenvalue weighted by molar-refractivity contribution is -0.149. The van der Waals surface area contributed by atoms with Crippen molar-refractivity contribution in [2.75, 3.05) is 35.0 Å². The van der Waals surface area contributed by atoms with Gasteiger partial charge in [-0.05, 0) is 23.3 Å². The number of hydrogen-bond donors (Lipinski definition) is 1. The topological polar surface area (TPSA) is 92.3 Å². The van der Waals surface area contributed by atoms with Crippen molar-refractivity contribution in [2.24, 2.45) is 5.92 Å². The Morgan fingerprint density at radius 3 is 2.26 bits per heavy atom. The Kier molecular flexibility index (Phi) is 6.71. The van der Waals surface area contributed by atoms with E-state index >= 15 is 0 Å². The maximum absolute atomic E-state index is 14.9. The van der Waals surface area contributed by atoms with Crippen LogP contribution in [0.2, 0.25) is 0 Å². The molecule has 1 saturated carbocycles. The quantitative estimate of drug-likeness (QED) is 0.270. The molecular weight excluding hydrogens is 498 g/mol. The molecule has 0 bridgehead atoms. The lowest BCUT2D eigenvalue weighted by atomic mass is 9.68. The standard InChI is InChI=1S/C31H29NO7/c1-6-16-32-30-27-23(37-4)17-22(36-3)18-24(27)39-31(30,20-12-14-21(35-2)15-13-20)26(19-10-8-7-9-11-19)25(28(30)33)29(34)38-5/h1,7-15,17-18,25-26,32H,16H2,2-5H3/t25-,26-,30+,31+/m1/s1. The summed E-state index contributed by atoms with van der Waals surface area (Å²) in [5.41, 5.74) is -1.30. The van der Waals surface area contributed by atoms with Gasteiger partial charge in [-0.1, -0.05) is 48.4 Å². The van der Waals surface area contributed by atoms with Crippen molar-refractivity contribution in [3.63, 3.8) is 0 Å². The van der Waals surface area contributed by atoms with E-state index in [1.54, 1.807) is 31.4 Å². The SMILES string of the molecule is C#CCN[C@@]12C(=O)[C@H](C(=O)OC)[C@@H](c3ccccc3)[C@]1(c1ccc(OC)cc1)Oc1cc(OC)cc(OC)c12. The third-order valence-corrected chi connectivity index (χ3v) is 7.71. The van der Waals surface area contributed by atoms with E-state index in [0.717, 1.165) is 5.56 Å². The first kappa shape index (κ1) is 26.1. The molecule has 1 heterocycles. The van der Waals surface area contributed by atoms with E-state index in [1.807, 2.05) is 42.5 Å². The number of carbonyl (C=O) groups is 2. The number of carbonyl (C=O) groups excluding carboxylic acids is 2. The summed E-state index contributed by atoms with van der Waals surface area (Å²) in [5.74, 6) is 1.30. The second-order valence-electron chi connectivity index (χ2n) is 9.33. The van der Waals surface area contributed by atoms with Gasteiger partial charge in [-0.25, -0.2) is 0 Å². The molecule has 0 amide bonds. The number of terminal acetylenes is 1. The van der Waals surface area contributed by atoms with Crippen LogP contribution in [0.5, 0.6) is 23.0 Å². The number of esters is 1. The number of benzene rings is 3. The zero-order valence-electron chi connectivity index (χ0n) is 22.1. The van der Waals surface area contributed by atoms with Crippen LogP contribution in [0, 0.1) is 18.3 Å². The van der Waals surface area contributed by atoms with E-state index < -0.39 is 34.7 Å². The minimum absolute atomic E-state index is 0.0109. The first-order valence-electron chi connectivity index (χ1n) is 12.4. The minimum atomic E-state index is -1.62. The highest BCUT2D eigenvalue weighted by molar-refractivity contribution is 6.10. The van der Waals surface area contributed by atoms with Gasteiger partial charge in [-0.3, -0.25) is 14.9 Å². The van der Waals surface area contributed by atoms with Crippen molar-refractivity contribution in [2.45, 2.75) is 17.1 Å². The lowest BCUT2D eigenvalue weighted by Crippen LogP contribution is -2.59. The zero-order valence-corrected chi connectivity index (χ0v) is 22.1. The molecule has 0 unspecified atom stereocenters. The summed E-state index contributed by atoms with van der Waals surface area (Å²) >= 11 is 0. The molecule has 1 fully saturated rings. The van der Waals surface area contributed by atoms with Crippen LogP contribution in [0.25, 0.3) is 0 Å². The lowest BCUT2D eigenvalue weighted by Gasteiger charge is -2.42. The fraction of sp³-hybridized carbons (Fsp3) is 0.290. The molecule has 39 heavy (non-hydrogen) atoms. The number of hydrogen-bond acceptors (Lipinski definition) is 8. The Morgan fingerprint density at radius 2 is 1.67 bits per heavy atom. The van der Waals surface area contributed by atoms with Crippen LogP contribution in [-0.2, 0) is 25.5 Å². The fourth-order valence-electron chi connectivity index (χ4n) is 6.19. The van der Waals surface area contributed by atoms with Gasteiger partial charge in [-0.2, -0.15) is 0 Å². The Morgan fingerprint density at radius 1 is 0.974 bits per heavy atom. The minimum Gasteiger partial charge on any atom is -0.497 e. The molecule has 1 aliphatic heterocycles. The molecular formula is C31H29NO7. The fourth-order valence-corrected chi connectivity index (χ4v) is 6.19. The first-order chi connectivity index (χ1) is 18.9. The van der Waals surface area contributed by atoms with E-state index in [4.69, 9.17) is 30.1 Å². The third kappa shape index (κ3) is 3.57. The molecule has 8 nitrogen and oxygen atoms in total. The Hall–Kier alpha value is -4.48. The van der Waals surface area contributed by atoms with E-state index in [2.05, 4.69) is 11.2 Å². The molecule has 2 aliphatic rings. The monoisotopic (exact) mass is 527 g/mol. The van der Waals surface area contributed by atoms with Crippen molar-refractivity contribution < 1.29 is 33.3 Å². The molecule has 8 heteroatoms. The molecule has 0 radical (unpaired) electrons. The second kappa shape index (κ2) is 10.0. The van der Waals surface area contributed by atoms with Crippen LogP contribution in [0.3, 0.4) is 0 Å². The van der Waals surface area contributed by atoms with Gasteiger partial charge < -0.3 is 23.7 Å². The molecule has 3 aromatic rings. The summed E-state index contributed by atoms with van der Waals surface area (Å²) in [6, 6.07) is 20.0. The average Bonchev–Trinajstić information content (AvgIpc) is 3.40. The molecule has 3 aromatic carbocycles.